The van der Waals surface area contributed by atoms with Gasteiger partial charge in [-0.1, -0.05) is 41.9 Å². The van der Waals surface area contributed by atoms with Gasteiger partial charge in [-0.2, -0.15) is 5.10 Å². The first kappa shape index (κ1) is 32.0. The molecule has 45 heavy (non-hydrogen) atoms. The van der Waals surface area contributed by atoms with Gasteiger partial charge in [-0.25, -0.2) is 4.79 Å². The van der Waals surface area contributed by atoms with Crippen LogP contribution >= 0.6 is 11.6 Å². The third-order valence-corrected chi connectivity index (χ3v) is 8.08. The summed E-state index contributed by atoms with van der Waals surface area (Å²) in [6, 6.07) is 18.9. The van der Waals surface area contributed by atoms with Crippen LogP contribution < -0.4 is 15.0 Å². The number of aliphatic hydroxyl groups excluding tert-OH is 2. The third kappa shape index (κ3) is 8.21. The fraction of sp³-hybridized carbons (Fsp3) is 0.324. The first-order valence-corrected chi connectivity index (χ1v) is 15.3. The van der Waals surface area contributed by atoms with E-state index in [-0.39, 0.29) is 38.6 Å². The molecule has 2 heterocycles. The topological polar surface area (TPSA) is 126 Å². The number of rotatable bonds is 12. The van der Waals surface area contributed by atoms with Crippen molar-refractivity contribution < 1.29 is 29.3 Å². The molecule has 11 heteroatoms. The van der Waals surface area contributed by atoms with E-state index in [0.717, 1.165) is 46.3 Å². The van der Waals surface area contributed by atoms with Crippen LogP contribution in [0.2, 0.25) is 5.02 Å². The van der Waals surface area contributed by atoms with Gasteiger partial charge in [0, 0.05) is 41.0 Å². The highest BCUT2D eigenvalue weighted by Gasteiger charge is 2.26. The molecule has 0 saturated carbocycles. The van der Waals surface area contributed by atoms with Crippen LogP contribution in [0.3, 0.4) is 0 Å². The summed E-state index contributed by atoms with van der Waals surface area (Å²) in [5, 5.41) is 26.5. The summed E-state index contributed by atoms with van der Waals surface area (Å²) in [5.41, 5.74) is 6.31. The Morgan fingerprint density at radius 3 is 2.78 bits per heavy atom. The van der Waals surface area contributed by atoms with Crippen LogP contribution in [-0.2, 0) is 22.5 Å². The van der Waals surface area contributed by atoms with E-state index >= 15 is 0 Å². The number of aliphatic hydroxyl groups is 2. The minimum atomic E-state index is -0.904. The molecular formula is C34H37ClN4O6. The Kier molecular flexibility index (Phi) is 10.7. The third-order valence-electron chi connectivity index (χ3n) is 7.67. The number of halogens is 1. The number of nitrogens with zero attached hydrogens (tertiary/aromatic N) is 3. The molecule has 1 aromatic heterocycles. The number of hydrogen-bond acceptors (Lipinski definition) is 7. The Morgan fingerprint density at radius 2 is 1.93 bits per heavy atom. The zero-order chi connectivity index (χ0) is 31.8. The van der Waals surface area contributed by atoms with Crippen molar-refractivity contribution in [3.05, 3.63) is 94.8 Å². The predicted molar refractivity (Wildman–Crippen MR) is 173 cm³/mol. The molecule has 3 aromatic carbocycles. The second kappa shape index (κ2) is 15.1. The normalized spacial score (nSPS) is 13.2. The van der Waals surface area contributed by atoms with Crippen LogP contribution in [0.5, 0.6) is 5.75 Å². The molecule has 0 saturated heterocycles. The molecule has 236 valence electrons. The van der Waals surface area contributed by atoms with Crippen molar-refractivity contribution in [1.82, 2.24) is 9.78 Å². The van der Waals surface area contributed by atoms with Crippen molar-refractivity contribution in [2.75, 3.05) is 36.6 Å². The number of fused-ring (bicyclic) bond motifs is 1. The van der Waals surface area contributed by atoms with Crippen molar-refractivity contribution in [2.24, 2.45) is 0 Å². The summed E-state index contributed by atoms with van der Waals surface area (Å²) in [6.45, 7) is 2.91. The number of anilines is 2. The first-order valence-electron chi connectivity index (χ1n) is 15.0. The van der Waals surface area contributed by atoms with Gasteiger partial charge < -0.3 is 25.0 Å². The Labute approximate surface area is 267 Å². The largest absolute Gasteiger partial charge is 0.490 e. The summed E-state index contributed by atoms with van der Waals surface area (Å²) in [5.74, 6) is 0.437. The van der Waals surface area contributed by atoms with Crippen LogP contribution in [0, 0.1) is 6.92 Å². The lowest BCUT2D eigenvalue weighted by Crippen LogP contribution is -2.36. The fourth-order valence-corrected chi connectivity index (χ4v) is 5.49. The molecule has 3 N–H and O–H groups in total. The minimum absolute atomic E-state index is 0.112. The summed E-state index contributed by atoms with van der Waals surface area (Å²) < 4.78 is 13.2. The number of aromatic nitrogens is 2. The van der Waals surface area contributed by atoms with E-state index in [1.807, 2.05) is 72.5 Å². The molecule has 0 radical (unpaired) electrons. The van der Waals surface area contributed by atoms with Gasteiger partial charge in [-0.15, -0.1) is 0 Å². The van der Waals surface area contributed by atoms with E-state index in [9.17, 15) is 14.7 Å². The summed E-state index contributed by atoms with van der Waals surface area (Å²) in [7, 11) is 0. The Morgan fingerprint density at radius 1 is 1.11 bits per heavy atom. The van der Waals surface area contributed by atoms with E-state index in [2.05, 4.69) is 10.4 Å². The van der Waals surface area contributed by atoms with Gasteiger partial charge in [-0.05, 0) is 73.2 Å². The summed E-state index contributed by atoms with van der Waals surface area (Å²) in [6.07, 6.45) is 4.43. The minimum Gasteiger partial charge on any atom is -0.490 e. The molecule has 2 amide bonds. The molecule has 1 aliphatic heterocycles. The molecule has 0 fully saturated rings. The SMILES string of the molecule is Cc1c(Cl)cccc1OCCOC(=O)N1CCCc2c(-c3cnn(Cc4cccc(NC(=O)CCC(O)CO)c4)c3)cccc21. The highest BCUT2D eigenvalue weighted by atomic mass is 35.5. The summed E-state index contributed by atoms with van der Waals surface area (Å²) in [4.78, 5) is 27.0. The van der Waals surface area contributed by atoms with E-state index < -0.39 is 12.2 Å². The quantitative estimate of drug-likeness (QED) is 0.174. The van der Waals surface area contributed by atoms with Gasteiger partial charge >= 0.3 is 6.09 Å². The van der Waals surface area contributed by atoms with Crippen LogP contribution in [0.1, 0.15) is 36.0 Å². The van der Waals surface area contributed by atoms with E-state index in [4.69, 9.17) is 26.2 Å². The van der Waals surface area contributed by atoms with Crippen LogP contribution in [-0.4, -0.2) is 64.5 Å². The maximum absolute atomic E-state index is 13.1. The van der Waals surface area contributed by atoms with Gasteiger partial charge in [0.05, 0.1) is 31.1 Å². The molecule has 10 nitrogen and oxygen atoms in total. The first-order chi connectivity index (χ1) is 21.8. The van der Waals surface area contributed by atoms with Crippen molar-refractivity contribution in [2.45, 2.75) is 45.3 Å². The van der Waals surface area contributed by atoms with Crippen molar-refractivity contribution in [3.8, 4) is 16.9 Å². The highest BCUT2D eigenvalue weighted by molar-refractivity contribution is 6.31. The zero-order valence-electron chi connectivity index (χ0n) is 25.1. The molecule has 0 spiro atoms. The molecular weight excluding hydrogens is 596 g/mol. The fourth-order valence-electron chi connectivity index (χ4n) is 5.32. The van der Waals surface area contributed by atoms with E-state index in [1.165, 1.54) is 0 Å². The van der Waals surface area contributed by atoms with Crippen LogP contribution in [0.15, 0.2) is 73.1 Å². The number of benzene rings is 3. The average molecular weight is 633 g/mol. The lowest BCUT2D eigenvalue weighted by atomic mass is 9.93. The average Bonchev–Trinajstić information content (AvgIpc) is 3.51. The van der Waals surface area contributed by atoms with Gasteiger partial charge in [0.1, 0.15) is 19.0 Å². The molecule has 4 aromatic rings. The van der Waals surface area contributed by atoms with Crippen LogP contribution in [0.25, 0.3) is 11.1 Å². The second-order valence-corrected chi connectivity index (χ2v) is 11.3. The van der Waals surface area contributed by atoms with Gasteiger partial charge in [0.25, 0.3) is 0 Å². The highest BCUT2D eigenvalue weighted by Crippen LogP contribution is 2.36. The maximum atomic E-state index is 13.1. The van der Waals surface area contributed by atoms with Gasteiger partial charge in [0.15, 0.2) is 0 Å². The number of carbonyl (C=O) groups is 2. The molecule has 1 atom stereocenters. The Bertz CT molecular complexity index is 1640. The van der Waals surface area contributed by atoms with E-state index in [1.54, 1.807) is 17.0 Å². The monoisotopic (exact) mass is 632 g/mol. The lowest BCUT2D eigenvalue weighted by Gasteiger charge is -2.30. The van der Waals surface area contributed by atoms with Crippen molar-refractivity contribution in [3.63, 3.8) is 0 Å². The standard InChI is InChI=1S/C34H37ClN4O6/c1-23-30(35)10-4-12-32(23)44-16-17-45-34(43)39-15-5-9-29-28(8-3-11-31(29)39)25-19-36-38(21-25)20-24-6-2-7-26(18-24)37-33(42)14-13-27(41)22-40/h2-4,6-8,10-12,18-19,21,27,40-41H,5,9,13-17,20,22H2,1H3,(H,37,42). The predicted octanol–water partition coefficient (Wildman–Crippen LogP) is 5.60. The Balaban J connectivity index is 1.21. The lowest BCUT2D eigenvalue weighted by molar-refractivity contribution is -0.116. The van der Waals surface area contributed by atoms with Crippen molar-refractivity contribution in [1.29, 1.82) is 0 Å². The molecule has 1 unspecified atom stereocenters. The maximum Gasteiger partial charge on any atom is 0.414 e. The van der Waals surface area contributed by atoms with Crippen LogP contribution in [0.4, 0.5) is 16.2 Å². The second-order valence-electron chi connectivity index (χ2n) is 10.9. The number of carbonyl (C=O) groups excluding carboxylic acids is 2. The van der Waals surface area contributed by atoms with Crippen molar-refractivity contribution >= 4 is 35.0 Å². The van der Waals surface area contributed by atoms with Gasteiger partial charge in [0.2, 0.25) is 5.91 Å². The molecule has 5 rings (SSSR count). The number of hydrogen-bond donors (Lipinski definition) is 3. The van der Waals surface area contributed by atoms with E-state index in [0.29, 0.717) is 29.5 Å². The molecule has 1 aliphatic rings. The zero-order valence-corrected chi connectivity index (χ0v) is 25.9. The van der Waals surface area contributed by atoms with Gasteiger partial charge in [-0.3, -0.25) is 14.4 Å². The number of ether oxygens (including phenoxy) is 2. The number of nitrogens with one attached hydrogen (secondary N) is 1. The number of amides is 2. The smallest absolute Gasteiger partial charge is 0.414 e. The summed E-state index contributed by atoms with van der Waals surface area (Å²) >= 11 is 6.16. The molecule has 0 aliphatic carbocycles. The Hall–Kier alpha value is -4.38. The molecule has 0 bridgehead atoms.